The van der Waals surface area contributed by atoms with E-state index in [9.17, 15) is 9.90 Å². The normalized spacial score (nSPS) is 18.5. The predicted octanol–water partition coefficient (Wildman–Crippen LogP) is 4.98. The van der Waals surface area contributed by atoms with E-state index >= 15 is 0 Å². The van der Waals surface area contributed by atoms with Crippen LogP contribution < -0.4 is 5.32 Å². The Morgan fingerprint density at radius 3 is 2.69 bits per heavy atom. The maximum atomic E-state index is 13.0. The van der Waals surface area contributed by atoms with Crippen molar-refractivity contribution in [1.29, 1.82) is 0 Å². The maximum absolute atomic E-state index is 13.0. The van der Waals surface area contributed by atoms with E-state index in [4.69, 9.17) is 0 Å². The summed E-state index contributed by atoms with van der Waals surface area (Å²) in [5.41, 5.74) is 4.53. The fraction of sp³-hybridized carbons (Fsp3) is 0.269. The quantitative estimate of drug-likeness (QED) is 0.456. The number of benzene rings is 2. The first kappa shape index (κ1) is 20.8. The lowest BCUT2D eigenvalue weighted by atomic mass is 9.92. The molecule has 32 heavy (non-hydrogen) atoms. The second-order valence-electron chi connectivity index (χ2n) is 8.33. The van der Waals surface area contributed by atoms with Gasteiger partial charge in [-0.25, -0.2) is 9.97 Å². The predicted molar refractivity (Wildman–Crippen MR) is 128 cm³/mol. The molecule has 0 aliphatic heterocycles. The van der Waals surface area contributed by atoms with Crippen LogP contribution in [-0.4, -0.2) is 33.1 Å². The molecule has 1 aliphatic rings. The monoisotopic (exact) mass is 443 g/mol. The van der Waals surface area contributed by atoms with E-state index in [0.29, 0.717) is 12.1 Å². The number of hydrogen-bond acceptors (Lipinski definition) is 5. The highest BCUT2D eigenvalue weighted by atomic mass is 32.1. The van der Waals surface area contributed by atoms with Gasteiger partial charge in [-0.3, -0.25) is 4.79 Å². The third-order valence-electron chi connectivity index (χ3n) is 6.11. The molecular weight excluding hydrogens is 418 g/mol. The zero-order valence-corrected chi connectivity index (χ0v) is 18.5. The highest BCUT2D eigenvalue weighted by molar-refractivity contribution is 7.13. The number of nitrogens with one attached hydrogen (secondary N) is 1. The first-order valence-electron chi connectivity index (χ1n) is 11.0. The van der Waals surface area contributed by atoms with E-state index in [0.717, 1.165) is 58.3 Å². The van der Waals surface area contributed by atoms with E-state index in [1.807, 2.05) is 41.9 Å². The molecular formula is C26H25N3O2S. The molecule has 1 fully saturated rings. The Labute approximate surface area is 191 Å². The number of thiazole rings is 1. The molecule has 162 valence electrons. The van der Waals surface area contributed by atoms with E-state index in [-0.39, 0.29) is 11.9 Å². The van der Waals surface area contributed by atoms with Crippen LogP contribution in [0.5, 0.6) is 0 Å². The topological polar surface area (TPSA) is 75.1 Å². The first-order chi connectivity index (χ1) is 15.7. The first-order valence-corrected chi connectivity index (χ1v) is 11.9. The van der Waals surface area contributed by atoms with Gasteiger partial charge in [0.1, 0.15) is 10.7 Å². The van der Waals surface area contributed by atoms with Crippen molar-refractivity contribution in [2.75, 3.05) is 0 Å². The fourth-order valence-electron chi connectivity index (χ4n) is 4.38. The van der Waals surface area contributed by atoms with Crippen LogP contribution in [0.25, 0.3) is 21.5 Å². The number of para-hydroxylation sites is 1. The molecule has 2 N–H and O–H groups in total. The summed E-state index contributed by atoms with van der Waals surface area (Å²) in [7, 11) is 0. The number of carbonyl (C=O) groups is 1. The van der Waals surface area contributed by atoms with Gasteiger partial charge in [-0.2, -0.15) is 0 Å². The van der Waals surface area contributed by atoms with Crippen molar-refractivity contribution in [1.82, 2.24) is 15.3 Å². The smallest absolute Gasteiger partial charge is 0.270 e. The highest BCUT2D eigenvalue weighted by Crippen LogP contribution is 2.25. The Kier molecular flexibility index (Phi) is 5.97. The number of aromatic nitrogens is 2. The van der Waals surface area contributed by atoms with Gasteiger partial charge in [0, 0.05) is 22.5 Å². The summed E-state index contributed by atoms with van der Waals surface area (Å²) in [6, 6.07) is 18.0. The minimum atomic E-state index is -0.482. The van der Waals surface area contributed by atoms with Gasteiger partial charge in [0.2, 0.25) is 0 Å². The summed E-state index contributed by atoms with van der Waals surface area (Å²) < 4.78 is 0. The standard InChI is InChI=1S/C26H25N3O2S/c30-24-8-4-3-7-22(24)29-25(31)23-16-19(20-5-1-2-6-21(20)28-23)15-17-9-11-18(12-10-17)26-27-13-14-32-26/h1-2,5-6,9-14,16,22,24,30H,3-4,7-8,15H2,(H,29,31)/t22-,24-/m0/s1. The Morgan fingerprint density at radius 1 is 1.09 bits per heavy atom. The van der Waals surface area contributed by atoms with Gasteiger partial charge in [-0.15, -0.1) is 11.3 Å². The van der Waals surface area contributed by atoms with Crippen molar-refractivity contribution >= 4 is 28.1 Å². The highest BCUT2D eigenvalue weighted by Gasteiger charge is 2.25. The van der Waals surface area contributed by atoms with Gasteiger partial charge < -0.3 is 10.4 Å². The van der Waals surface area contributed by atoms with Crippen LogP contribution in [0.2, 0.25) is 0 Å². The third-order valence-corrected chi connectivity index (χ3v) is 6.93. The summed E-state index contributed by atoms with van der Waals surface area (Å²) in [6.07, 6.45) is 5.60. The average molecular weight is 444 g/mol. The Balaban J connectivity index is 1.42. The van der Waals surface area contributed by atoms with Gasteiger partial charge in [-0.1, -0.05) is 55.3 Å². The summed E-state index contributed by atoms with van der Waals surface area (Å²) >= 11 is 1.63. The van der Waals surface area contributed by atoms with Gasteiger partial charge in [0.25, 0.3) is 5.91 Å². The molecule has 1 amide bonds. The molecule has 2 aromatic heterocycles. The molecule has 0 bridgehead atoms. The van der Waals surface area contributed by atoms with Crippen molar-refractivity contribution in [3.63, 3.8) is 0 Å². The van der Waals surface area contributed by atoms with Crippen LogP contribution in [0.15, 0.2) is 66.2 Å². The Hall–Kier alpha value is -3.09. The molecule has 0 unspecified atom stereocenters. The maximum Gasteiger partial charge on any atom is 0.270 e. The van der Waals surface area contributed by atoms with Crippen LogP contribution >= 0.6 is 11.3 Å². The number of pyridine rings is 1. The number of hydrogen-bond donors (Lipinski definition) is 2. The third kappa shape index (κ3) is 4.42. The SMILES string of the molecule is O=C(N[C@H]1CCCC[C@@H]1O)c1cc(Cc2ccc(-c3nccs3)cc2)c2ccccc2n1. The molecule has 1 saturated carbocycles. The second-order valence-corrected chi connectivity index (χ2v) is 9.22. The fourth-order valence-corrected chi connectivity index (χ4v) is 5.03. The molecule has 0 spiro atoms. The van der Waals surface area contributed by atoms with Gasteiger partial charge >= 0.3 is 0 Å². The van der Waals surface area contributed by atoms with Crippen molar-refractivity contribution in [2.24, 2.45) is 0 Å². The number of amides is 1. The lowest BCUT2D eigenvalue weighted by Crippen LogP contribution is -2.45. The van der Waals surface area contributed by atoms with E-state index in [1.165, 1.54) is 0 Å². The Morgan fingerprint density at radius 2 is 1.91 bits per heavy atom. The summed E-state index contributed by atoms with van der Waals surface area (Å²) in [6.45, 7) is 0. The zero-order chi connectivity index (χ0) is 21.9. The Bertz CT molecular complexity index is 1220. The molecule has 2 heterocycles. The van der Waals surface area contributed by atoms with E-state index in [1.54, 1.807) is 11.3 Å². The molecule has 5 nitrogen and oxygen atoms in total. The van der Waals surface area contributed by atoms with Gasteiger partial charge in [-0.05, 0) is 42.5 Å². The minimum absolute atomic E-state index is 0.202. The summed E-state index contributed by atoms with van der Waals surface area (Å²) in [5.74, 6) is -0.220. The van der Waals surface area contributed by atoms with Crippen LogP contribution in [0.1, 0.15) is 47.3 Å². The summed E-state index contributed by atoms with van der Waals surface area (Å²) in [4.78, 5) is 22.0. The molecule has 2 atom stereocenters. The number of fused-ring (bicyclic) bond motifs is 1. The van der Waals surface area contributed by atoms with Crippen LogP contribution in [0.3, 0.4) is 0 Å². The van der Waals surface area contributed by atoms with Crippen LogP contribution in [0, 0.1) is 0 Å². The van der Waals surface area contributed by atoms with Crippen molar-refractivity contribution in [2.45, 2.75) is 44.2 Å². The molecule has 0 saturated heterocycles. The summed E-state index contributed by atoms with van der Waals surface area (Å²) in [5, 5.41) is 17.3. The lowest BCUT2D eigenvalue weighted by Gasteiger charge is -2.28. The number of nitrogens with zero attached hydrogens (tertiary/aromatic N) is 2. The minimum Gasteiger partial charge on any atom is -0.391 e. The van der Waals surface area contributed by atoms with Crippen molar-refractivity contribution in [3.8, 4) is 10.6 Å². The van der Waals surface area contributed by atoms with Crippen molar-refractivity contribution in [3.05, 3.63) is 83.0 Å². The number of rotatable bonds is 5. The number of aliphatic hydroxyl groups excluding tert-OH is 1. The number of carbonyl (C=O) groups excluding carboxylic acids is 1. The number of aliphatic hydroxyl groups is 1. The molecule has 6 heteroatoms. The molecule has 1 aliphatic carbocycles. The van der Waals surface area contributed by atoms with Gasteiger partial charge in [0.05, 0.1) is 17.7 Å². The average Bonchev–Trinajstić information content (AvgIpc) is 3.36. The van der Waals surface area contributed by atoms with E-state index < -0.39 is 6.10 Å². The van der Waals surface area contributed by atoms with E-state index in [2.05, 4.69) is 39.6 Å². The van der Waals surface area contributed by atoms with Crippen LogP contribution in [0.4, 0.5) is 0 Å². The molecule has 4 aromatic rings. The second kappa shape index (κ2) is 9.18. The molecule has 5 rings (SSSR count). The van der Waals surface area contributed by atoms with Gasteiger partial charge in [0.15, 0.2) is 0 Å². The zero-order valence-electron chi connectivity index (χ0n) is 17.7. The van der Waals surface area contributed by atoms with Crippen molar-refractivity contribution < 1.29 is 9.90 Å². The largest absolute Gasteiger partial charge is 0.391 e. The molecule has 2 aromatic carbocycles. The molecule has 0 radical (unpaired) electrons. The lowest BCUT2D eigenvalue weighted by molar-refractivity contribution is 0.0714. The van der Waals surface area contributed by atoms with Crippen LogP contribution in [-0.2, 0) is 6.42 Å².